The fraction of sp³-hybridized carbons (Fsp3) is 0.529. The van der Waals surface area contributed by atoms with Crippen LogP contribution in [0.25, 0.3) is 0 Å². The molecule has 0 atom stereocenters. The minimum atomic E-state index is -0.186. The van der Waals surface area contributed by atoms with Crippen LogP contribution in [0.15, 0.2) is 24.3 Å². The number of ether oxygens (including phenoxy) is 2. The van der Waals surface area contributed by atoms with Crippen molar-refractivity contribution < 1.29 is 14.3 Å². The van der Waals surface area contributed by atoms with Crippen molar-refractivity contribution in [2.75, 3.05) is 51.8 Å². The Morgan fingerprint density at radius 2 is 2.00 bits per heavy atom. The third-order valence-corrected chi connectivity index (χ3v) is 4.45. The summed E-state index contributed by atoms with van der Waals surface area (Å²) in [5.41, 5.74) is 1.17. The van der Waals surface area contributed by atoms with Crippen molar-refractivity contribution in [1.29, 1.82) is 0 Å². The maximum Gasteiger partial charge on any atom is 0.305 e. The number of methoxy groups -OCH3 is 2. The fourth-order valence-electron chi connectivity index (χ4n) is 2.62. The van der Waals surface area contributed by atoms with Gasteiger partial charge in [0.2, 0.25) is 0 Å². The zero-order valence-electron chi connectivity index (χ0n) is 14.3. The molecule has 1 N–H and O–H groups in total. The molecule has 1 aromatic carbocycles. The zero-order valence-corrected chi connectivity index (χ0v) is 15.1. The monoisotopic (exact) mass is 351 g/mol. The minimum absolute atomic E-state index is 0.186. The summed E-state index contributed by atoms with van der Waals surface area (Å²) in [4.78, 5) is 15.6. The predicted molar refractivity (Wildman–Crippen MR) is 98.6 cm³/mol. The predicted octanol–water partition coefficient (Wildman–Crippen LogP) is 1.64. The Balaban J connectivity index is 1.73. The van der Waals surface area contributed by atoms with Crippen LogP contribution in [0.5, 0.6) is 5.75 Å². The molecule has 0 radical (unpaired) electrons. The molecule has 132 valence electrons. The van der Waals surface area contributed by atoms with Crippen LogP contribution in [0.2, 0.25) is 0 Å². The smallest absolute Gasteiger partial charge is 0.305 e. The van der Waals surface area contributed by atoms with Crippen LogP contribution >= 0.6 is 12.2 Å². The quantitative estimate of drug-likeness (QED) is 0.475. The van der Waals surface area contributed by atoms with Crippen LogP contribution in [-0.4, -0.2) is 62.9 Å². The first kappa shape index (κ1) is 18.3. The summed E-state index contributed by atoms with van der Waals surface area (Å²) < 4.78 is 9.90. The first-order valence-corrected chi connectivity index (χ1v) is 8.53. The van der Waals surface area contributed by atoms with E-state index in [9.17, 15) is 4.79 Å². The molecule has 0 aliphatic carbocycles. The summed E-state index contributed by atoms with van der Waals surface area (Å²) in [7, 11) is 3.09. The number of hydrogen-bond acceptors (Lipinski definition) is 5. The maximum atomic E-state index is 11.1. The average Bonchev–Trinajstić information content (AvgIpc) is 2.65. The van der Waals surface area contributed by atoms with Crippen LogP contribution in [0, 0.1) is 0 Å². The van der Waals surface area contributed by atoms with Gasteiger partial charge in [-0.3, -0.25) is 4.79 Å². The zero-order chi connectivity index (χ0) is 17.4. The van der Waals surface area contributed by atoms with Gasteiger partial charge in [-0.15, -0.1) is 0 Å². The molecule has 1 fully saturated rings. The van der Waals surface area contributed by atoms with E-state index in [1.165, 1.54) is 12.8 Å². The fourth-order valence-corrected chi connectivity index (χ4v) is 2.90. The Kier molecular flexibility index (Phi) is 7.11. The first-order valence-electron chi connectivity index (χ1n) is 8.12. The van der Waals surface area contributed by atoms with E-state index in [1.54, 1.807) is 7.11 Å². The van der Waals surface area contributed by atoms with Crippen LogP contribution in [0.4, 0.5) is 5.69 Å². The number of carbonyl (C=O) groups excluding carboxylic acids is 1. The van der Waals surface area contributed by atoms with Gasteiger partial charge in [-0.25, -0.2) is 0 Å². The van der Waals surface area contributed by atoms with Crippen molar-refractivity contribution in [3.8, 4) is 5.75 Å². The average molecular weight is 351 g/mol. The minimum Gasteiger partial charge on any atom is -0.497 e. The Hall–Kier alpha value is -2.02. The third kappa shape index (κ3) is 5.26. The number of nitrogens with one attached hydrogen (secondary N) is 1. The van der Waals surface area contributed by atoms with Gasteiger partial charge in [0.1, 0.15) is 5.75 Å². The van der Waals surface area contributed by atoms with Gasteiger partial charge < -0.3 is 24.6 Å². The number of anilines is 1. The van der Waals surface area contributed by atoms with E-state index in [4.69, 9.17) is 17.0 Å². The molecule has 0 aromatic heterocycles. The lowest BCUT2D eigenvalue weighted by Gasteiger charge is -2.37. The van der Waals surface area contributed by atoms with Gasteiger partial charge in [0.25, 0.3) is 0 Å². The van der Waals surface area contributed by atoms with Crippen LogP contribution in [-0.2, 0) is 9.53 Å². The summed E-state index contributed by atoms with van der Waals surface area (Å²) >= 11 is 5.44. The molecule has 0 amide bonds. The Bertz CT molecular complexity index is 560. The molecule has 1 heterocycles. The van der Waals surface area contributed by atoms with Crippen molar-refractivity contribution in [2.24, 2.45) is 0 Å². The van der Waals surface area contributed by atoms with Gasteiger partial charge in [-0.1, -0.05) is 6.07 Å². The molecule has 24 heavy (non-hydrogen) atoms. The lowest BCUT2D eigenvalue weighted by Crippen LogP contribution is -2.51. The molecule has 1 saturated heterocycles. The van der Waals surface area contributed by atoms with Gasteiger partial charge in [-0.2, -0.15) is 0 Å². The lowest BCUT2D eigenvalue weighted by molar-refractivity contribution is -0.140. The number of carbonyl (C=O) groups is 1. The summed E-state index contributed by atoms with van der Waals surface area (Å²) in [5, 5.41) is 3.97. The van der Waals surface area contributed by atoms with E-state index in [2.05, 4.69) is 32.0 Å². The Labute approximate surface area is 148 Å². The highest BCUT2D eigenvalue weighted by Gasteiger charge is 2.19. The summed E-state index contributed by atoms with van der Waals surface area (Å²) in [6.45, 7) is 4.26. The molecule has 7 heteroatoms. The second kappa shape index (κ2) is 9.32. The number of hydrogen-bond donors (Lipinski definition) is 1. The molecule has 6 nitrogen and oxygen atoms in total. The molecule has 0 unspecified atom stereocenters. The van der Waals surface area contributed by atoms with E-state index >= 15 is 0 Å². The van der Waals surface area contributed by atoms with E-state index < -0.39 is 0 Å². The van der Waals surface area contributed by atoms with E-state index in [0.717, 1.165) is 43.5 Å². The molecule has 1 aromatic rings. The highest BCUT2D eigenvalue weighted by molar-refractivity contribution is 7.80. The lowest BCUT2D eigenvalue weighted by atomic mass is 10.2. The van der Waals surface area contributed by atoms with Gasteiger partial charge in [0.05, 0.1) is 14.2 Å². The molecule has 0 spiro atoms. The summed E-state index contributed by atoms with van der Waals surface area (Å²) in [6, 6.07) is 8.11. The Morgan fingerprint density at radius 1 is 1.25 bits per heavy atom. The molecule has 1 aliphatic rings. The van der Waals surface area contributed by atoms with E-state index in [-0.39, 0.29) is 5.97 Å². The molecule has 1 aliphatic heterocycles. The molecular formula is C17H25N3O3S. The largest absolute Gasteiger partial charge is 0.497 e. The molecule has 0 saturated carbocycles. The van der Waals surface area contributed by atoms with Crippen molar-refractivity contribution in [3.63, 3.8) is 0 Å². The van der Waals surface area contributed by atoms with Crippen molar-refractivity contribution >= 4 is 29.0 Å². The van der Waals surface area contributed by atoms with Crippen molar-refractivity contribution in [1.82, 2.24) is 10.2 Å². The van der Waals surface area contributed by atoms with Gasteiger partial charge in [-0.05, 0) is 30.8 Å². The van der Waals surface area contributed by atoms with E-state index in [0.29, 0.717) is 13.0 Å². The standard InChI is InChI=1S/C17H25N3O3S/c1-22-15-6-3-5-14(13-15)19-9-11-20(12-10-19)17(24)18-8-4-7-16(21)23-2/h3,5-6,13H,4,7-12H2,1-2H3,(H,18,24). The molecule has 0 bridgehead atoms. The normalized spacial score (nSPS) is 14.2. The van der Waals surface area contributed by atoms with Crippen LogP contribution in [0.3, 0.4) is 0 Å². The second-order valence-electron chi connectivity index (χ2n) is 5.59. The number of esters is 1. The maximum absolute atomic E-state index is 11.1. The van der Waals surface area contributed by atoms with Gasteiger partial charge in [0, 0.05) is 50.9 Å². The number of piperazine rings is 1. The summed E-state index contributed by atoms with van der Waals surface area (Å²) in [6.07, 6.45) is 1.13. The number of nitrogens with zero attached hydrogens (tertiary/aromatic N) is 2. The van der Waals surface area contributed by atoms with E-state index in [1.807, 2.05) is 12.1 Å². The SMILES string of the molecule is COC(=O)CCCNC(=S)N1CCN(c2cccc(OC)c2)CC1. The van der Waals surface area contributed by atoms with Gasteiger partial charge in [0.15, 0.2) is 5.11 Å². The topological polar surface area (TPSA) is 54.0 Å². The molecular weight excluding hydrogens is 326 g/mol. The highest BCUT2D eigenvalue weighted by Crippen LogP contribution is 2.22. The van der Waals surface area contributed by atoms with Crippen molar-refractivity contribution in [3.05, 3.63) is 24.3 Å². The highest BCUT2D eigenvalue weighted by atomic mass is 32.1. The van der Waals surface area contributed by atoms with Crippen LogP contribution in [0.1, 0.15) is 12.8 Å². The first-order chi connectivity index (χ1) is 11.6. The number of thiocarbonyl (C=S) groups is 1. The van der Waals surface area contributed by atoms with Crippen LogP contribution < -0.4 is 15.0 Å². The molecule has 2 rings (SSSR count). The summed E-state index contributed by atoms with van der Waals surface area (Å²) in [5.74, 6) is 0.687. The van der Waals surface area contributed by atoms with Gasteiger partial charge >= 0.3 is 5.97 Å². The third-order valence-electron chi connectivity index (χ3n) is 4.05. The second-order valence-corrected chi connectivity index (χ2v) is 5.97. The number of rotatable bonds is 6. The Morgan fingerprint density at radius 3 is 2.67 bits per heavy atom. The van der Waals surface area contributed by atoms with Crippen molar-refractivity contribution in [2.45, 2.75) is 12.8 Å². The number of benzene rings is 1.